The van der Waals surface area contributed by atoms with Crippen molar-refractivity contribution < 1.29 is 14.3 Å². The summed E-state index contributed by atoms with van der Waals surface area (Å²) in [5, 5.41) is 6.75. The van der Waals surface area contributed by atoms with Gasteiger partial charge in [0.15, 0.2) is 0 Å². The van der Waals surface area contributed by atoms with Gasteiger partial charge in [-0.25, -0.2) is 9.78 Å². The molecule has 1 aliphatic heterocycles. The minimum atomic E-state index is -0.203. The van der Waals surface area contributed by atoms with Crippen molar-refractivity contribution in [2.75, 3.05) is 63.2 Å². The van der Waals surface area contributed by atoms with E-state index in [2.05, 4.69) is 30.9 Å². The molecule has 1 aliphatic rings. The Kier molecular flexibility index (Phi) is 8.74. The molecule has 0 spiro atoms. The number of rotatable bonds is 10. The number of hydrogen-bond donors (Lipinski definition) is 2. The third-order valence-corrected chi connectivity index (χ3v) is 6.55. The van der Waals surface area contributed by atoms with Crippen LogP contribution in [0.25, 0.3) is 0 Å². The van der Waals surface area contributed by atoms with Crippen molar-refractivity contribution in [3.05, 3.63) is 59.9 Å². The Morgan fingerprint density at radius 3 is 2.63 bits per heavy atom. The van der Waals surface area contributed by atoms with E-state index in [1.807, 2.05) is 49.4 Å². The number of piperazine rings is 1. The van der Waals surface area contributed by atoms with Gasteiger partial charge >= 0.3 is 6.03 Å². The Balaban J connectivity index is 1.16. The fourth-order valence-corrected chi connectivity index (χ4v) is 4.61. The van der Waals surface area contributed by atoms with Crippen molar-refractivity contribution in [2.45, 2.75) is 13.3 Å². The monoisotopic (exact) mass is 496 g/mol. The molecule has 0 unspecified atom stereocenters. The van der Waals surface area contributed by atoms with Crippen LogP contribution in [-0.2, 0) is 6.42 Å². The van der Waals surface area contributed by atoms with Gasteiger partial charge in [-0.15, -0.1) is 0 Å². The lowest BCUT2D eigenvalue weighted by Gasteiger charge is -2.34. The van der Waals surface area contributed by atoms with Crippen LogP contribution in [0.5, 0.6) is 11.5 Å². The van der Waals surface area contributed by atoms with E-state index in [9.17, 15) is 4.79 Å². The first-order chi connectivity index (χ1) is 17.1. The van der Waals surface area contributed by atoms with Gasteiger partial charge in [-0.2, -0.15) is 4.37 Å². The summed E-state index contributed by atoms with van der Waals surface area (Å²) in [6.45, 7) is 7.59. The van der Waals surface area contributed by atoms with E-state index in [-0.39, 0.29) is 6.03 Å². The molecule has 10 heteroatoms. The molecule has 35 heavy (non-hydrogen) atoms. The number of aromatic nitrogens is 2. The van der Waals surface area contributed by atoms with Crippen LogP contribution in [0.3, 0.4) is 0 Å². The van der Waals surface area contributed by atoms with Gasteiger partial charge in [0.1, 0.15) is 17.3 Å². The number of amides is 2. The highest BCUT2D eigenvalue weighted by Gasteiger charge is 2.20. The lowest BCUT2D eigenvalue weighted by atomic mass is 10.1. The first kappa shape index (κ1) is 24.7. The molecule has 0 aliphatic carbocycles. The number of ether oxygens (including phenoxy) is 2. The van der Waals surface area contributed by atoms with E-state index in [4.69, 9.17) is 14.5 Å². The molecule has 9 nitrogen and oxygen atoms in total. The van der Waals surface area contributed by atoms with Crippen LogP contribution in [0, 0.1) is 0 Å². The number of methoxy groups -OCH3 is 1. The van der Waals surface area contributed by atoms with E-state index in [0.29, 0.717) is 19.6 Å². The summed E-state index contributed by atoms with van der Waals surface area (Å²) < 4.78 is 15.3. The Labute approximate surface area is 210 Å². The predicted octanol–water partition coefficient (Wildman–Crippen LogP) is 3.48. The zero-order valence-electron chi connectivity index (χ0n) is 20.2. The zero-order valence-corrected chi connectivity index (χ0v) is 21.0. The minimum absolute atomic E-state index is 0.203. The first-order valence-electron chi connectivity index (χ1n) is 11.8. The molecule has 1 aromatic heterocycles. The number of hydrogen-bond acceptors (Lipinski definition) is 8. The summed E-state index contributed by atoms with van der Waals surface area (Å²) in [6, 6.07) is 15.2. The summed E-state index contributed by atoms with van der Waals surface area (Å²) in [5.74, 6) is 2.47. The first-order valence-corrected chi connectivity index (χ1v) is 12.6. The minimum Gasteiger partial charge on any atom is -0.497 e. The molecule has 186 valence electrons. The maximum absolute atomic E-state index is 12.2. The third-order valence-electron chi connectivity index (χ3n) is 5.73. The lowest BCUT2D eigenvalue weighted by Crippen LogP contribution is -2.48. The summed E-state index contributed by atoms with van der Waals surface area (Å²) in [5.41, 5.74) is 1.87. The molecular weight excluding hydrogens is 464 g/mol. The zero-order chi connectivity index (χ0) is 24.5. The normalized spacial score (nSPS) is 13.9. The Hall–Kier alpha value is -3.37. The van der Waals surface area contributed by atoms with Crippen molar-refractivity contribution in [3.63, 3.8) is 0 Å². The number of urea groups is 1. The molecule has 1 fully saturated rings. The second-order valence-corrected chi connectivity index (χ2v) is 8.92. The van der Waals surface area contributed by atoms with Gasteiger partial charge in [0.05, 0.1) is 13.7 Å². The fraction of sp³-hybridized carbons (Fsp3) is 0.400. The molecular formula is C25H32N6O3S. The van der Waals surface area contributed by atoms with Crippen LogP contribution in [0.2, 0.25) is 0 Å². The molecule has 2 N–H and O–H groups in total. The van der Waals surface area contributed by atoms with Crippen molar-refractivity contribution in [1.82, 2.24) is 19.6 Å². The molecule has 1 saturated heterocycles. The van der Waals surface area contributed by atoms with Crippen LogP contribution < -0.4 is 25.0 Å². The Morgan fingerprint density at radius 2 is 1.89 bits per heavy atom. The predicted molar refractivity (Wildman–Crippen MR) is 139 cm³/mol. The topological polar surface area (TPSA) is 91.9 Å². The van der Waals surface area contributed by atoms with E-state index in [0.717, 1.165) is 66.4 Å². The Morgan fingerprint density at radius 1 is 1.09 bits per heavy atom. The average Bonchev–Trinajstić information content (AvgIpc) is 3.34. The number of benzene rings is 2. The van der Waals surface area contributed by atoms with Crippen LogP contribution in [-0.4, -0.2) is 73.3 Å². The summed E-state index contributed by atoms with van der Waals surface area (Å²) in [6.07, 6.45) is 0.693. The van der Waals surface area contributed by atoms with Crippen LogP contribution in [0.15, 0.2) is 48.5 Å². The van der Waals surface area contributed by atoms with Gasteiger partial charge < -0.3 is 25.0 Å². The largest absolute Gasteiger partial charge is 0.497 e. The standard InChI is InChI=1S/C25H32N6O3S/c1-3-34-21-9-7-20(8-10-21)27-24(32)26-11-12-30-13-15-31(16-14-30)25-28-23(29-35-25)18-19-5-4-6-22(17-19)33-2/h4-10,17H,3,11-16,18H2,1-2H3,(H2,26,27,32). The highest BCUT2D eigenvalue weighted by Crippen LogP contribution is 2.22. The summed E-state index contributed by atoms with van der Waals surface area (Å²) in [7, 11) is 1.67. The second kappa shape index (κ2) is 12.4. The molecule has 2 heterocycles. The van der Waals surface area contributed by atoms with Crippen LogP contribution in [0.4, 0.5) is 15.6 Å². The highest BCUT2D eigenvalue weighted by molar-refractivity contribution is 7.09. The molecule has 0 saturated carbocycles. The second-order valence-electron chi connectivity index (χ2n) is 8.19. The van der Waals surface area contributed by atoms with Crippen molar-refractivity contribution in [1.29, 1.82) is 0 Å². The number of nitrogens with zero attached hydrogens (tertiary/aromatic N) is 4. The number of carbonyl (C=O) groups is 1. The SMILES string of the molecule is CCOc1ccc(NC(=O)NCCN2CCN(c3nc(Cc4cccc(OC)c4)ns3)CC2)cc1. The van der Waals surface area contributed by atoms with E-state index in [1.54, 1.807) is 7.11 Å². The van der Waals surface area contributed by atoms with Gasteiger partial charge in [0.25, 0.3) is 0 Å². The fourth-order valence-electron chi connectivity index (χ4n) is 3.88. The molecule has 0 bridgehead atoms. The van der Waals surface area contributed by atoms with Gasteiger partial charge in [-0.1, -0.05) is 12.1 Å². The molecule has 3 aromatic rings. The van der Waals surface area contributed by atoms with Crippen molar-refractivity contribution >= 4 is 28.4 Å². The third kappa shape index (κ3) is 7.30. The van der Waals surface area contributed by atoms with Gasteiger partial charge in [0, 0.05) is 62.9 Å². The van der Waals surface area contributed by atoms with Crippen molar-refractivity contribution in [3.8, 4) is 11.5 Å². The van der Waals surface area contributed by atoms with Gasteiger partial charge in [-0.3, -0.25) is 4.90 Å². The summed E-state index contributed by atoms with van der Waals surface area (Å²) >= 11 is 1.45. The maximum atomic E-state index is 12.2. The van der Waals surface area contributed by atoms with E-state index >= 15 is 0 Å². The average molecular weight is 497 g/mol. The molecule has 2 aromatic carbocycles. The lowest BCUT2D eigenvalue weighted by molar-refractivity contribution is 0.240. The molecule has 0 radical (unpaired) electrons. The number of nitrogens with one attached hydrogen (secondary N) is 2. The maximum Gasteiger partial charge on any atom is 0.319 e. The van der Waals surface area contributed by atoms with Crippen LogP contribution >= 0.6 is 11.5 Å². The number of carbonyl (C=O) groups excluding carboxylic acids is 1. The van der Waals surface area contributed by atoms with Crippen LogP contribution in [0.1, 0.15) is 18.3 Å². The summed E-state index contributed by atoms with van der Waals surface area (Å²) in [4.78, 5) is 21.6. The van der Waals surface area contributed by atoms with Gasteiger partial charge in [-0.05, 0) is 48.9 Å². The van der Waals surface area contributed by atoms with E-state index < -0.39 is 0 Å². The molecule has 4 rings (SSSR count). The quantitative estimate of drug-likeness (QED) is 0.444. The highest BCUT2D eigenvalue weighted by atomic mass is 32.1. The molecule has 2 amide bonds. The Bertz CT molecular complexity index is 1080. The van der Waals surface area contributed by atoms with Crippen molar-refractivity contribution in [2.24, 2.45) is 0 Å². The van der Waals surface area contributed by atoms with Gasteiger partial charge in [0.2, 0.25) is 5.13 Å². The van der Waals surface area contributed by atoms with E-state index in [1.165, 1.54) is 11.5 Å². The smallest absolute Gasteiger partial charge is 0.319 e. The number of anilines is 2. The molecule has 0 atom stereocenters.